The molecule has 0 amide bonds. The second-order valence-corrected chi connectivity index (χ2v) is 6.16. The molecule has 2 heterocycles. The summed E-state index contributed by atoms with van der Waals surface area (Å²) in [6, 6.07) is 19.6. The van der Waals surface area contributed by atoms with Crippen LogP contribution >= 0.6 is 11.8 Å². The summed E-state index contributed by atoms with van der Waals surface area (Å²) in [6.07, 6.45) is 0. The summed E-state index contributed by atoms with van der Waals surface area (Å²) in [7, 11) is 0. The number of hydrogen-bond donors (Lipinski definition) is 1. The lowest BCUT2D eigenvalue weighted by Gasteiger charge is -2.04. The van der Waals surface area contributed by atoms with E-state index >= 15 is 0 Å². The van der Waals surface area contributed by atoms with Crippen molar-refractivity contribution in [1.82, 2.24) is 15.0 Å². The summed E-state index contributed by atoms with van der Waals surface area (Å²) in [5.74, 6) is 0.492. The highest BCUT2D eigenvalue weighted by atomic mass is 32.2. The summed E-state index contributed by atoms with van der Waals surface area (Å²) in [5.41, 5.74) is 2.89. The summed E-state index contributed by atoms with van der Waals surface area (Å²) in [6.45, 7) is 0. The molecule has 0 atom stereocenters. The minimum Gasteiger partial charge on any atom is -0.319 e. The van der Waals surface area contributed by atoms with Gasteiger partial charge in [-0.1, -0.05) is 48.2 Å². The lowest BCUT2D eigenvalue weighted by molar-refractivity contribution is 1.09. The Labute approximate surface area is 136 Å². The van der Waals surface area contributed by atoms with Crippen LogP contribution in [-0.2, 0) is 5.75 Å². The Hall–Kier alpha value is -2.66. The third-order valence-electron chi connectivity index (χ3n) is 3.60. The van der Waals surface area contributed by atoms with Crippen molar-refractivity contribution in [3.8, 4) is 0 Å². The molecule has 0 aliphatic rings. The first-order valence-corrected chi connectivity index (χ1v) is 8.25. The van der Waals surface area contributed by atoms with Crippen molar-refractivity contribution < 1.29 is 0 Å². The average Bonchev–Trinajstić information content (AvgIpc) is 2.59. The van der Waals surface area contributed by atoms with E-state index in [1.54, 1.807) is 0 Å². The van der Waals surface area contributed by atoms with Gasteiger partial charge in [-0.25, -0.2) is 9.97 Å². The third kappa shape index (κ3) is 2.83. The van der Waals surface area contributed by atoms with E-state index in [2.05, 4.69) is 15.0 Å². The lowest BCUT2D eigenvalue weighted by Crippen LogP contribution is -2.14. The van der Waals surface area contributed by atoms with Gasteiger partial charge >= 0.3 is 0 Å². The monoisotopic (exact) mass is 319 g/mol. The third-order valence-corrected chi connectivity index (χ3v) is 4.54. The Morgan fingerprint density at radius 1 is 0.870 bits per heavy atom. The molecule has 0 aliphatic carbocycles. The molecule has 4 aromatic rings. The number of aromatic nitrogens is 3. The minimum absolute atomic E-state index is 0.142. The van der Waals surface area contributed by atoms with Crippen LogP contribution in [0.1, 0.15) is 5.69 Å². The van der Waals surface area contributed by atoms with Crippen molar-refractivity contribution in [2.75, 3.05) is 0 Å². The molecule has 5 heteroatoms. The minimum atomic E-state index is -0.142. The van der Waals surface area contributed by atoms with Gasteiger partial charge in [-0.3, -0.25) is 4.79 Å². The number of H-pyrrole nitrogens is 1. The fraction of sp³-hybridized carbons (Fsp3) is 0.0556. The molecule has 4 nitrogen and oxygen atoms in total. The van der Waals surface area contributed by atoms with E-state index in [4.69, 9.17) is 0 Å². The molecule has 0 aliphatic heterocycles. The Morgan fingerprint density at radius 3 is 2.57 bits per heavy atom. The second-order valence-electron chi connectivity index (χ2n) is 5.16. The van der Waals surface area contributed by atoms with Crippen molar-refractivity contribution in [3.63, 3.8) is 0 Å². The maximum atomic E-state index is 12.1. The molecule has 0 bridgehead atoms. The molecule has 0 saturated heterocycles. The fourth-order valence-corrected chi connectivity index (χ4v) is 3.24. The van der Waals surface area contributed by atoms with Crippen molar-refractivity contribution >= 4 is 33.7 Å². The number of benzene rings is 2. The Morgan fingerprint density at radius 2 is 1.65 bits per heavy atom. The maximum absolute atomic E-state index is 12.1. The van der Waals surface area contributed by atoms with Crippen molar-refractivity contribution in [2.45, 2.75) is 10.8 Å². The number of nitrogens with zero attached hydrogens (tertiary/aromatic N) is 2. The van der Waals surface area contributed by atoms with E-state index in [1.807, 2.05) is 60.7 Å². The van der Waals surface area contributed by atoms with E-state index in [0.29, 0.717) is 11.4 Å². The van der Waals surface area contributed by atoms with E-state index in [0.717, 1.165) is 27.0 Å². The number of pyridine rings is 1. The number of para-hydroxylation sites is 3. The molecule has 0 radical (unpaired) electrons. The number of aromatic amines is 1. The number of fused-ring (bicyclic) bond motifs is 2. The summed E-state index contributed by atoms with van der Waals surface area (Å²) in [5, 5.41) is 2.00. The standard InChI is InChI=1S/C18H13N3OS/c22-18-16(19-14-7-3-4-8-15(14)21-18)11-23-17-10-9-12-5-1-2-6-13(12)20-17/h1-10H,11H2,(H,21,22). The molecule has 112 valence electrons. The molecular weight excluding hydrogens is 306 g/mol. The van der Waals surface area contributed by atoms with Gasteiger partial charge in [0.15, 0.2) is 0 Å². The summed E-state index contributed by atoms with van der Waals surface area (Å²) < 4.78 is 0. The van der Waals surface area contributed by atoms with Crippen LogP contribution in [0.3, 0.4) is 0 Å². The normalized spacial score (nSPS) is 11.1. The Bertz CT molecular complexity index is 1060. The summed E-state index contributed by atoms with van der Waals surface area (Å²) >= 11 is 1.52. The Kier molecular flexibility index (Phi) is 3.55. The molecule has 4 rings (SSSR count). The highest BCUT2D eigenvalue weighted by Gasteiger charge is 2.06. The first-order valence-electron chi connectivity index (χ1n) is 7.26. The van der Waals surface area contributed by atoms with Crippen LogP contribution < -0.4 is 5.56 Å². The zero-order valence-corrected chi connectivity index (χ0v) is 13.0. The SMILES string of the molecule is O=c1[nH]c2ccccc2nc1CSc1ccc2ccccc2n1. The zero-order valence-electron chi connectivity index (χ0n) is 12.2. The molecule has 2 aromatic carbocycles. The second kappa shape index (κ2) is 5.85. The fourth-order valence-electron chi connectivity index (χ4n) is 2.44. The van der Waals surface area contributed by atoms with E-state index < -0.39 is 0 Å². The first-order chi connectivity index (χ1) is 11.3. The quantitative estimate of drug-likeness (QED) is 0.584. The zero-order chi connectivity index (χ0) is 15.6. The van der Waals surface area contributed by atoms with Gasteiger partial charge in [0, 0.05) is 11.1 Å². The van der Waals surface area contributed by atoms with Crippen molar-refractivity contribution in [1.29, 1.82) is 0 Å². The number of thioether (sulfide) groups is 1. The van der Waals surface area contributed by atoms with Gasteiger partial charge in [0.2, 0.25) is 0 Å². The van der Waals surface area contributed by atoms with Crippen LogP contribution in [0.4, 0.5) is 0 Å². The maximum Gasteiger partial charge on any atom is 0.271 e. The molecule has 1 N–H and O–H groups in total. The van der Waals surface area contributed by atoms with Crippen molar-refractivity contribution in [3.05, 3.63) is 76.7 Å². The van der Waals surface area contributed by atoms with E-state index in [9.17, 15) is 4.79 Å². The van der Waals surface area contributed by atoms with Gasteiger partial charge in [0.25, 0.3) is 5.56 Å². The van der Waals surface area contributed by atoms with Gasteiger partial charge in [-0.15, -0.1) is 0 Å². The highest BCUT2D eigenvalue weighted by molar-refractivity contribution is 7.98. The van der Waals surface area contributed by atoms with Crippen molar-refractivity contribution in [2.24, 2.45) is 0 Å². The van der Waals surface area contributed by atoms with Gasteiger partial charge in [-0.2, -0.15) is 0 Å². The number of nitrogens with one attached hydrogen (secondary N) is 1. The molecule has 2 aromatic heterocycles. The highest BCUT2D eigenvalue weighted by Crippen LogP contribution is 2.22. The first kappa shape index (κ1) is 14.0. The topological polar surface area (TPSA) is 58.6 Å². The van der Waals surface area contributed by atoms with Gasteiger partial charge < -0.3 is 4.98 Å². The van der Waals surface area contributed by atoms with Crippen LogP contribution in [-0.4, -0.2) is 15.0 Å². The lowest BCUT2D eigenvalue weighted by atomic mass is 10.2. The van der Waals surface area contributed by atoms with E-state index in [-0.39, 0.29) is 5.56 Å². The predicted octanol–water partition coefficient (Wildman–Crippen LogP) is 3.76. The van der Waals surface area contributed by atoms with Crippen LogP contribution in [0.15, 0.2) is 70.5 Å². The molecule has 0 saturated carbocycles. The van der Waals surface area contributed by atoms with Crippen LogP contribution in [0, 0.1) is 0 Å². The van der Waals surface area contributed by atoms with Crippen LogP contribution in [0.5, 0.6) is 0 Å². The van der Waals surface area contributed by atoms with Gasteiger partial charge in [0.05, 0.1) is 21.6 Å². The molecule has 23 heavy (non-hydrogen) atoms. The average molecular weight is 319 g/mol. The predicted molar refractivity (Wildman–Crippen MR) is 93.7 cm³/mol. The molecule has 0 spiro atoms. The van der Waals surface area contributed by atoms with E-state index in [1.165, 1.54) is 11.8 Å². The largest absolute Gasteiger partial charge is 0.319 e. The number of rotatable bonds is 3. The van der Waals surface area contributed by atoms with Gasteiger partial charge in [0.1, 0.15) is 5.69 Å². The number of hydrogen-bond acceptors (Lipinski definition) is 4. The summed E-state index contributed by atoms with van der Waals surface area (Å²) in [4.78, 5) is 24.1. The molecular formula is C18H13N3OS. The smallest absolute Gasteiger partial charge is 0.271 e. The van der Waals surface area contributed by atoms with Gasteiger partial charge in [-0.05, 0) is 24.3 Å². The van der Waals surface area contributed by atoms with Crippen LogP contribution in [0.2, 0.25) is 0 Å². The Balaban J connectivity index is 1.62. The molecule has 0 fully saturated rings. The molecule has 0 unspecified atom stereocenters. The van der Waals surface area contributed by atoms with Crippen LogP contribution in [0.25, 0.3) is 21.9 Å².